The first-order valence-electron chi connectivity index (χ1n) is 8.80. The van der Waals surface area contributed by atoms with Crippen molar-refractivity contribution in [2.45, 2.75) is 37.9 Å². The molecule has 1 saturated heterocycles. The smallest absolute Gasteiger partial charge is 0.368 e. The first-order chi connectivity index (χ1) is 11.8. The van der Waals surface area contributed by atoms with Crippen LogP contribution in [0.3, 0.4) is 0 Å². The van der Waals surface area contributed by atoms with Gasteiger partial charge in [-0.2, -0.15) is 13.2 Å². The number of piperazine rings is 1. The summed E-state index contributed by atoms with van der Waals surface area (Å²) in [4.78, 5) is 16.1. The van der Waals surface area contributed by atoms with Crippen LogP contribution in [-0.2, 0) is 11.0 Å². The van der Waals surface area contributed by atoms with Crippen LogP contribution in [0.2, 0.25) is 0 Å². The van der Waals surface area contributed by atoms with Gasteiger partial charge in [0, 0.05) is 44.3 Å². The van der Waals surface area contributed by atoms with E-state index in [1.165, 1.54) is 12.1 Å². The van der Waals surface area contributed by atoms with Crippen molar-refractivity contribution in [2.75, 3.05) is 31.1 Å². The highest BCUT2D eigenvalue weighted by atomic mass is 19.4. The maximum absolute atomic E-state index is 12.8. The summed E-state index contributed by atoms with van der Waals surface area (Å²) in [5, 5.41) is 0. The number of amides is 1. The zero-order valence-corrected chi connectivity index (χ0v) is 14.1. The molecule has 1 aromatic rings. The number of hydrogen-bond donors (Lipinski definition) is 1. The molecule has 1 amide bonds. The summed E-state index contributed by atoms with van der Waals surface area (Å²) in [5.41, 5.74) is 5.95. The SMILES string of the molecule is N[C@@H]1CCC[C@H]1CC(=O)N1CCN(c2cccc(C(F)(F)F)c2)CC1. The van der Waals surface area contributed by atoms with Gasteiger partial charge >= 0.3 is 6.18 Å². The molecule has 0 spiro atoms. The van der Waals surface area contributed by atoms with E-state index in [9.17, 15) is 18.0 Å². The van der Waals surface area contributed by atoms with Gasteiger partial charge in [-0.25, -0.2) is 0 Å². The second-order valence-corrected chi connectivity index (χ2v) is 6.97. The second-order valence-electron chi connectivity index (χ2n) is 6.97. The number of halogens is 3. The highest BCUT2D eigenvalue weighted by molar-refractivity contribution is 5.77. The van der Waals surface area contributed by atoms with Gasteiger partial charge < -0.3 is 15.5 Å². The number of benzene rings is 1. The fourth-order valence-corrected chi connectivity index (χ4v) is 3.77. The van der Waals surface area contributed by atoms with E-state index in [2.05, 4.69) is 0 Å². The highest BCUT2D eigenvalue weighted by Crippen LogP contribution is 2.32. The van der Waals surface area contributed by atoms with Crippen molar-refractivity contribution in [3.63, 3.8) is 0 Å². The van der Waals surface area contributed by atoms with Crippen LogP contribution in [0.4, 0.5) is 18.9 Å². The fourth-order valence-electron chi connectivity index (χ4n) is 3.77. The van der Waals surface area contributed by atoms with E-state index < -0.39 is 11.7 Å². The van der Waals surface area contributed by atoms with Gasteiger partial charge in [-0.15, -0.1) is 0 Å². The number of nitrogens with zero attached hydrogens (tertiary/aromatic N) is 2. The van der Waals surface area contributed by atoms with Crippen LogP contribution in [0.1, 0.15) is 31.2 Å². The minimum absolute atomic E-state index is 0.117. The standard InChI is InChI=1S/C18H24F3N3O/c19-18(20,21)14-4-2-5-15(12-14)23-7-9-24(10-8-23)17(25)11-13-3-1-6-16(13)22/h2,4-5,12-13,16H,1,3,6-11,22H2/t13-,16+/m0/s1. The number of anilines is 1. The lowest BCUT2D eigenvalue weighted by Gasteiger charge is -2.37. The zero-order valence-electron chi connectivity index (χ0n) is 14.1. The third-order valence-corrected chi connectivity index (χ3v) is 5.33. The van der Waals surface area contributed by atoms with E-state index in [0.717, 1.165) is 25.3 Å². The van der Waals surface area contributed by atoms with E-state index in [-0.39, 0.29) is 17.9 Å². The van der Waals surface area contributed by atoms with Gasteiger partial charge in [-0.1, -0.05) is 12.5 Å². The molecule has 0 unspecified atom stereocenters. The zero-order chi connectivity index (χ0) is 18.0. The van der Waals surface area contributed by atoms with Gasteiger partial charge in [0.2, 0.25) is 5.91 Å². The molecule has 138 valence electrons. The molecular formula is C18H24F3N3O. The molecule has 1 heterocycles. The molecule has 3 rings (SSSR count). The van der Waals surface area contributed by atoms with Crippen molar-refractivity contribution < 1.29 is 18.0 Å². The van der Waals surface area contributed by atoms with E-state index in [0.29, 0.717) is 38.3 Å². The van der Waals surface area contributed by atoms with Crippen LogP contribution in [-0.4, -0.2) is 43.0 Å². The Kier molecular flexibility index (Phi) is 5.22. The third kappa shape index (κ3) is 4.26. The molecule has 2 aliphatic rings. The minimum atomic E-state index is -4.34. The predicted octanol–water partition coefficient (Wildman–Crippen LogP) is 2.87. The van der Waals surface area contributed by atoms with Gasteiger partial charge in [-0.3, -0.25) is 4.79 Å². The summed E-state index contributed by atoms with van der Waals surface area (Å²) in [5.74, 6) is 0.389. The van der Waals surface area contributed by atoms with Crippen molar-refractivity contribution in [1.82, 2.24) is 4.90 Å². The van der Waals surface area contributed by atoms with Crippen molar-refractivity contribution >= 4 is 11.6 Å². The number of carbonyl (C=O) groups is 1. The Labute approximate surface area is 145 Å². The van der Waals surface area contributed by atoms with Crippen molar-refractivity contribution in [2.24, 2.45) is 11.7 Å². The Hall–Kier alpha value is -1.76. The first kappa shape index (κ1) is 18.0. The van der Waals surface area contributed by atoms with E-state index >= 15 is 0 Å². The van der Waals surface area contributed by atoms with E-state index in [1.54, 1.807) is 6.07 Å². The molecular weight excluding hydrogens is 331 g/mol. The lowest BCUT2D eigenvalue weighted by Crippen LogP contribution is -2.49. The van der Waals surface area contributed by atoms with Gasteiger partial charge in [-0.05, 0) is 37.0 Å². The van der Waals surface area contributed by atoms with Crippen LogP contribution < -0.4 is 10.6 Å². The molecule has 0 bridgehead atoms. The molecule has 0 radical (unpaired) electrons. The molecule has 1 aromatic carbocycles. The molecule has 1 aliphatic carbocycles. The molecule has 1 saturated carbocycles. The Morgan fingerprint density at radius 2 is 1.88 bits per heavy atom. The normalized spacial score (nSPS) is 24.6. The molecule has 7 heteroatoms. The monoisotopic (exact) mass is 355 g/mol. The van der Waals surface area contributed by atoms with Crippen LogP contribution in [0.15, 0.2) is 24.3 Å². The van der Waals surface area contributed by atoms with Gasteiger partial charge in [0.05, 0.1) is 5.56 Å². The summed E-state index contributed by atoms with van der Waals surface area (Å²) < 4.78 is 38.5. The molecule has 0 aromatic heterocycles. The number of rotatable bonds is 3. The molecule has 2 fully saturated rings. The lowest BCUT2D eigenvalue weighted by atomic mass is 9.99. The largest absolute Gasteiger partial charge is 0.416 e. The topological polar surface area (TPSA) is 49.6 Å². The number of nitrogens with two attached hydrogens (primary N) is 1. The quantitative estimate of drug-likeness (QED) is 0.907. The molecule has 25 heavy (non-hydrogen) atoms. The van der Waals surface area contributed by atoms with Crippen LogP contribution in [0.25, 0.3) is 0 Å². The van der Waals surface area contributed by atoms with E-state index in [4.69, 9.17) is 5.73 Å². The summed E-state index contributed by atoms with van der Waals surface area (Å²) in [7, 11) is 0. The third-order valence-electron chi connectivity index (χ3n) is 5.33. The maximum atomic E-state index is 12.8. The van der Waals surface area contributed by atoms with Crippen molar-refractivity contribution in [3.05, 3.63) is 29.8 Å². The lowest BCUT2D eigenvalue weighted by molar-refractivity contribution is -0.137. The highest BCUT2D eigenvalue weighted by Gasteiger charge is 2.32. The Morgan fingerprint density at radius 1 is 1.16 bits per heavy atom. The van der Waals surface area contributed by atoms with Crippen molar-refractivity contribution in [3.8, 4) is 0 Å². The van der Waals surface area contributed by atoms with Gasteiger partial charge in [0.25, 0.3) is 0 Å². The predicted molar refractivity (Wildman–Crippen MR) is 90.2 cm³/mol. The number of hydrogen-bond acceptors (Lipinski definition) is 3. The molecule has 2 N–H and O–H groups in total. The van der Waals surface area contributed by atoms with Crippen LogP contribution in [0.5, 0.6) is 0 Å². The Balaban J connectivity index is 1.56. The molecule has 2 atom stereocenters. The average molecular weight is 355 g/mol. The van der Waals surface area contributed by atoms with Crippen LogP contribution >= 0.6 is 0 Å². The van der Waals surface area contributed by atoms with E-state index in [1.807, 2.05) is 9.80 Å². The molecule has 4 nitrogen and oxygen atoms in total. The van der Waals surface area contributed by atoms with Crippen LogP contribution in [0, 0.1) is 5.92 Å². The Bertz CT molecular complexity index is 612. The Morgan fingerprint density at radius 3 is 2.48 bits per heavy atom. The van der Waals surface area contributed by atoms with Crippen molar-refractivity contribution in [1.29, 1.82) is 0 Å². The number of alkyl halides is 3. The summed E-state index contributed by atoms with van der Waals surface area (Å²) in [6.45, 7) is 2.17. The number of carbonyl (C=O) groups excluding carboxylic acids is 1. The molecule has 1 aliphatic heterocycles. The fraction of sp³-hybridized carbons (Fsp3) is 0.611. The summed E-state index contributed by atoms with van der Waals surface area (Å²) >= 11 is 0. The minimum Gasteiger partial charge on any atom is -0.368 e. The summed E-state index contributed by atoms with van der Waals surface area (Å²) in [6, 6.07) is 5.49. The second kappa shape index (κ2) is 7.23. The average Bonchev–Trinajstić information content (AvgIpc) is 2.99. The summed E-state index contributed by atoms with van der Waals surface area (Å²) in [6.07, 6.45) is -0.765. The maximum Gasteiger partial charge on any atom is 0.416 e. The van der Waals surface area contributed by atoms with Gasteiger partial charge in [0.15, 0.2) is 0 Å². The van der Waals surface area contributed by atoms with Gasteiger partial charge in [0.1, 0.15) is 0 Å². The first-order valence-corrected chi connectivity index (χ1v) is 8.80.